The van der Waals surface area contributed by atoms with Gasteiger partial charge in [0.25, 0.3) is 6.43 Å². The Morgan fingerprint density at radius 2 is 2.15 bits per heavy atom. The Morgan fingerprint density at radius 3 is 2.54 bits per heavy atom. The Morgan fingerprint density at radius 1 is 1.54 bits per heavy atom. The lowest BCUT2D eigenvalue weighted by molar-refractivity contribution is 0.149. The predicted molar refractivity (Wildman–Crippen MR) is 56.5 cm³/mol. The third-order valence-electron chi connectivity index (χ3n) is 1.47. The molecule has 0 unspecified atom stereocenters. The molecule has 0 amide bonds. The summed E-state index contributed by atoms with van der Waals surface area (Å²) in [6.07, 6.45) is -1.26. The molecule has 6 heteroatoms. The molecule has 1 aromatic heterocycles. The third kappa shape index (κ3) is 2.41. The van der Waals surface area contributed by atoms with E-state index in [0.29, 0.717) is 3.57 Å². The second-order valence-electron chi connectivity index (χ2n) is 2.22. The Balaban J connectivity index is 3.35. The lowest BCUT2D eigenvalue weighted by Crippen LogP contribution is -1.99. The molecule has 0 saturated heterocycles. The molecular weight excluding hydrogens is 334 g/mol. The molecule has 0 aliphatic carbocycles. The van der Waals surface area contributed by atoms with Gasteiger partial charge in [-0.15, -0.1) is 11.6 Å². The van der Waals surface area contributed by atoms with Gasteiger partial charge in [-0.1, -0.05) is 11.6 Å². The number of hydrogen-bond acceptors (Lipinski definition) is 1. The van der Waals surface area contributed by atoms with Crippen LogP contribution in [0, 0.1) is 3.57 Å². The summed E-state index contributed by atoms with van der Waals surface area (Å²) in [5.41, 5.74) is 0.0980. The smallest absolute Gasteiger partial charge is 0.243 e. The van der Waals surface area contributed by atoms with E-state index in [1.54, 1.807) is 22.6 Å². The SMILES string of the molecule is FC(F)c1c(I)cnc(Cl)c1CCl. The first kappa shape index (κ1) is 11.4. The average molecular weight is 338 g/mol. The highest BCUT2D eigenvalue weighted by atomic mass is 127. The van der Waals surface area contributed by atoms with Crippen molar-refractivity contribution in [2.45, 2.75) is 12.3 Å². The van der Waals surface area contributed by atoms with Gasteiger partial charge in [0.2, 0.25) is 0 Å². The average Bonchev–Trinajstić information content (AvgIpc) is 2.07. The summed E-state index contributed by atoms with van der Waals surface area (Å²) in [5, 5.41) is 0.0470. The zero-order chi connectivity index (χ0) is 10.0. The van der Waals surface area contributed by atoms with Gasteiger partial charge in [-0.3, -0.25) is 0 Å². The van der Waals surface area contributed by atoms with Crippen LogP contribution >= 0.6 is 45.8 Å². The molecule has 72 valence electrons. The molecule has 0 spiro atoms. The predicted octanol–water partition coefficient (Wildman–Crippen LogP) is 4.02. The van der Waals surface area contributed by atoms with Gasteiger partial charge in [-0.05, 0) is 22.6 Å². The first-order valence-electron chi connectivity index (χ1n) is 3.24. The topological polar surface area (TPSA) is 12.9 Å². The maximum Gasteiger partial charge on any atom is 0.265 e. The van der Waals surface area contributed by atoms with Crippen molar-refractivity contribution in [2.24, 2.45) is 0 Å². The fourth-order valence-electron chi connectivity index (χ4n) is 0.879. The van der Waals surface area contributed by atoms with E-state index >= 15 is 0 Å². The number of pyridine rings is 1. The van der Waals surface area contributed by atoms with Gasteiger partial charge >= 0.3 is 0 Å². The van der Waals surface area contributed by atoms with Gasteiger partial charge in [0, 0.05) is 20.9 Å². The Bertz CT molecular complexity index is 320. The van der Waals surface area contributed by atoms with Crippen molar-refractivity contribution in [2.75, 3.05) is 0 Å². The highest BCUT2D eigenvalue weighted by Crippen LogP contribution is 2.31. The van der Waals surface area contributed by atoms with Crippen molar-refractivity contribution in [3.63, 3.8) is 0 Å². The van der Waals surface area contributed by atoms with E-state index in [1.165, 1.54) is 6.20 Å². The Hall–Kier alpha value is 0.320. The summed E-state index contributed by atoms with van der Waals surface area (Å²) >= 11 is 12.9. The fourth-order valence-corrected chi connectivity index (χ4v) is 2.14. The van der Waals surface area contributed by atoms with Gasteiger partial charge in [0.1, 0.15) is 5.15 Å². The lowest BCUT2D eigenvalue weighted by Gasteiger charge is -2.09. The van der Waals surface area contributed by atoms with Crippen molar-refractivity contribution in [3.05, 3.63) is 26.0 Å². The molecule has 0 aromatic carbocycles. The molecule has 0 radical (unpaired) electrons. The zero-order valence-electron chi connectivity index (χ0n) is 6.20. The van der Waals surface area contributed by atoms with Crippen LogP contribution in [-0.2, 0) is 5.88 Å². The van der Waals surface area contributed by atoms with Crippen LogP contribution < -0.4 is 0 Å². The molecule has 13 heavy (non-hydrogen) atoms. The molecule has 0 aliphatic heterocycles. The highest BCUT2D eigenvalue weighted by molar-refractivity contribution is 14.1. The molecule has 1 nitrogen and oxygen atoms in total. The van der Waals surface area contributed by atoms with E-state index in [1.807, 2.05) is 0 Å². The van der Waals surface area contributed by atoms with Crippen LogP contribution in [0.15, 0.2) is 6.20 Å². The first-order chi connectivity index (χ1) is 6.07. The highest BCUT2D eigenvalue weighted by Gasteiger charge is 2.19. The molecule has 0 saturated carbocycles. The van der Waals surface area contributed by atoms with Gasteiger partial charge in [0.15, 0.2) is 0 Å². The third-order valence-corrected chi connectivity index (χ3v) is 2.93. The molecule has 0 N–H and O–H groups in total. The zero-order valence-corrected chi connectivity index (χ0v) is 9.87. The van der Waals surface area contributed by atoms with Crippen LogP contribution in [0.3, 0.4) is 0 Å². The quantitative estimate of drug-likeness (QED) is 0.451. The van der Waals surface area contributed by atoms with Crippen LogP contribution in [0.2, 0.25) is 5.15 Å². The minimum atomic E-state index is -2.57. The maximum absolute atomic E-state index is 12.5. The Labute approximate surface area is 97.6 Å². The first-order valence-corrected chi connectivity index (χ1v) is 5.24. The van der Waals surface area contributed by atoms with E-state index in [0.717, 1.165) is 0 Å². The van der Waals surface area contributed by atoms with Crippen LogP contribution in [0.4, 0.5) is 8.78 Å². The lowest BCUT2D eigenvalue weighted by atomic mass is 10.2. The normalized spacial score (nSPS) is 10.9. The van der Waals surface area contributed by atoms with Gasteiger partial charge in [-0.25, -0.2) is 13.8 Å². The van der Waals surface area contributed by atoms with Crippen LogP contribution in [-0.4, -0.2) is 4.98 Å². The van der Waals surface area contributed by atoms with E-state index in [4.69, 9.17) is 23.2 Å². The van der Waals surface area contributed by atoms with E-state index in [9.17, 15) is 8.78 Å². The minimum Gasteiger partial charge on any atom is -0.243 e. The number of alkyl halides is 3. The van der Waals surface area contributed by atoms with E-state index < -0.39 is 6.43 Å². The second-order valence-corrected chi connectivity index (χ2v) is 4.01. The minimum absolute atomic E-state index is 0.0470. The van der Waals surface area contributed by atoms with Gasteiger partial charge in [0.05, 0.1) is 5.88 Å². The Kier molecular flexibility index (Phi) is 4.12. The van der Waals surface area contributed by atoms with Gasteiger partial charge in [-0.2, -0.15) is 0 Å². The number of rotatable bonds is 2. The largest absolute Gasteiger partial charge is 0.265 e. The second kappa shape index (κ2) is 4.70. The van der Waals surface area contributed by atoms with Crippen molar-refractivity contribution in [1.82, 2.24) is 4.98 Å². The van der Waals surface area contributed by atoms with Crippen molar-refractivity contribution >= 4 is 45.8 Å². The number of nitrogens with zero attached hydrogens (tertiary/aromatic N) is 1. The molecule has 1 aromatic rings. The van der Waals surface area contributed by atoms with Crippen molar-refractivity contribution < 1.29 is 8.78 Å². The van der Waals surface area contributed by atoms with Crippen LogP contribution in [0.5, 0.6) is 0 Å². The van der Waals surface area contributed by atoms with Crippen molar-refractivity contribution in [1.29, 1.82) is 0 Å². The maximum atomic E-state index is 12.5. The fraction of sp³-hybridized carbons (Fsp3) is 0.286. The molecule has 0 fully saturated rings. The molecule has 1 rings (SSSR count). The molecule has 0 atom stereocenters. The number of hydrogen-bond donors (Lipinski definition) is 0. The standard InChI is InChI=1S/C7H4Cl2F2IN/c8-1-3-5(7(10)11)4(12)2-13-6(3)9/h2,7H,1H2. The summed E-state index contributed by atoms with van der Waals surface area (Å²) in [5.74, 6) is -0.0532. The molecule has 1 heterocycles. The summed E-state index contributed by atoms with van der Waals surface area (Å²) < 4.78 is 25.4. The van der Waals surface area contributed by atoms with E-state index in [-0.39, 0.29) is 22.2 Å². The summed E-state index contributed by atoms with van der Waals surface area (Å²) in [6.45, 7) is 0. The summed E-state index contributed by atoms with van der Waals surface area (Å²) in [7, 11) is 0. The monoisotopic (exact) mass is 337 g/mol. The van der Waals surface area contributed by atoms with Gasteiger partial charge < -0.3 is 0 Å². The number of aromatic nitrogens is 1. The summed E-state index contributed by atoms with van der Waals surface area (Å²) in [4.78, 5) is 3.73. The van der Waals surface area contributed by atoms with Crippen molar-refractivity contribution in [3.8, 4) is 0 Å². The summed E-state index contributed by atoms with van der Waals surface area (Å²) in [6, 6.07) is 0. The molecule has 0 aliphatic rings. The number of halogens is 5. The van der Waals surface area contributed by atoms with Crippen LogP contribution in [0.25, 0.3) is 0 Å². The van der Waals surface area contributed by atoms with Crippen LogP contribution in [0.1, 0.15) is 17.6 Å². The van der Waals surface area contributed by atoms with E-state index in [2.05, 4.69) is 4.98 Å². The molecule has 0 bridgehead atoms. The molecular formula is C7H4Cl2F2IN.